The smallest absolute Gasteiger partial charge is 0.341 e. The van der Waals surface area contributed by atoms with Crippen LogP contribution in [0.5, 0.6) is 5.75 Å². The first-order valence-corrected chi connectivity index (χ1v) is 10.1. The van der Waals surface area contributed by atoms with Gasteiger partial charge in [0.15, 0.2) is 0 Å². The fourth-order valence-corrected chi connectivity index (χ4v) is 3.06. The normalized spacial score (nSPS) is 11.3. The van der Waals surface area contributed by atoms with E-state index in [1.165, 1.54) is 17.4 Å². The molecular formula is C22H24N2O4S. The topological polar surface area (TPSA) is 88.4 Å². The third-order valence-electron chi connectivity index (χ3n) is 3.57. The molecule has 2 rings (SSSR count). The Bertz CT molecular complexity index is 938. The maximum Gasteiger partial charge on any atom is 0.341 e. The minimum absolute atomic E-state index is 0.0809. The summed E-state index contributed by atoms with van der Waals surface area (Å²) in [6.07, 6.45) is 1.21. The summed E-state index contributed by atoms with van der Waals surface area (Å²) < 4.78 is 10.9. The van der Waals surface area contributed by atoms with Crippen molar-refractivity contribution in [2.24, 2.45) is 5.92 Å². The highest BCUT2D eigenvalue weighted by Crippen LogP contribution is 2.25. The average molecular weight is 413 g/mol. The van der Waals surface area contributed by atoms with Gasteiger partial charge in [-0.15, -0.1) is 11.3 Å². The fraction of sp³-hybridized carbons (Fsp3) is 0.318. The summed E-state index contributed by atoms with van der Waals surface area (Å²) in [4.78, 5) is 24.7. The van der Waals surface area contributed by atoms with E-state index in [0.717, 1.165) is 0 Å². The van der Waals surface area contributed by atoms with Crippen molar-refractivity contribution in [2.75, 3.05) is 11.9 Å². The molecule has 152 valence electrons. The molecule has 1 aromatic heterocycles. The highest BCUT2D eigenvalue weighted by atomic mass is 32.1. The summed E-state index contributed by atoms with van der Waals surface area (Å²) >= 11 is 1.19. The highest BCUT2D eigenvalue weighted by Gasteiger charge is 2.19. The maximum absolute atomic E-state index is 12.6. The first-order valence-electron chi connectivity index (χ1n) is 9.24. The van der Waals surface area contributed by atoms with E-state index in [4.69, 9.17) is 9.47 Å². The van der Waals surface area contributed by atoms with E-state index < -0.39 is 11.9 Å². The minimum atomic E-state index is -0.595. The molecule has 0 fully saturated rings. The van der Waals surface area contributed by atoms with E-state index in [1.54, 1.807) is 43.5 Å². The molecule has 1 heterocycles. The van der Waals surface area contributed by atoms with Crippen molar-refractivity contribution < 1.29 is 19.1 Å². The van der Waals surface area contributed by atoms with Crippen molar-refractivity contribution >= 4 is 34.3 Å². The van der Waals surface area contributed by atoms with Crippen molar-refractivity contribution in [3.8, 4) is 11.8 Å². The van der Waals surface area contributed by atoms with Crippen LogP contribution < -0.4 is 10.1 Å². The van der Waals surface area contributed by atoms with Gasteiger partial charge in [-0.3, -0.25) is 4.79 Å². The van der Waals surface area contributed by atoms with E-state index >= 15 is 0 Å². The standard InChI is InChI=1S/C22H24N2O4S/c1-14(2)13-27-18-7-5-6-16(11-18)10-17(12-23)20(25)24-21-19(8-9-29-21)22(26)28-15(3)4/h5-11,14-15H,13H2,1-4H3,(H,24,25)/b17-10+. The Kier molecular flexibility index (Phi) is 7.98. The predicted molar refractivity (Wildman–Crippen MR) is 114 cm³/mol. The Morgan fingerprint density at radius 3 is 2.66 bits per heavy atom. The second-order valence-electron chi connectivity index (χ2n) is 7.02. The van der Waals surface area contributed by atoms with Gasteiger partial charge in [0.1, 0.15) is 22.4 Å². The number of hydrogen-bond acceptors (Lipinski definition) is 6. The van der Waals surface area contributed by atoms with Gasteiger partial charge >= 0.3 is 5.97 Å². The number of nitriles is 1. The Hall–Kier alpha value is -3.11. The second kappa shape index (κ2) is 10.4. The number of amides is 1. The number of carbonyl (C=O) groups excluding carboxylic acids is 2. The van der Waals surface area contributed by atoms with Gasteiger partial charge in [-0.05, 0) is 55.0 Å². The van der Waals surface area contributed by atoms with Crippen LogP contribution in [-0.4, -0.2) is 24.6 Å². The number of ether oxygens (including phenoxy) is 2. The largest absolute Gasteiger partial charge is 0.493 e. The molecule has 0 aliphatic rings. The molecule has 1 amide bonds. The Balaban J connectivity index is 2.16. The number of hydrogen-bond donors (Lipinski definition) is 1. The average Bonchev–Trinajstić information content (AvgIpc) is 3.12. The number of rotatable bonds is 8. The molecule has 2 aromatic rings. The van der Waals surface area contributed by atoms with Gasteiger partial charge in [0.25, 0.3) is 5.91 Å². The monoisotopic (exact) mass is 412 g/mol. The summed E-state index contributed by atoms with van der Waals surface area (Å²) in [6, 6.07) is 10.7. The molecule has 29 heavy (non-hydrogen) atoms. The third-order valence-corrected chi connectivity index (χ3v) is 4.40. The zero-order chi connectivity index (χ0) is 21.4. The van der Waals surface area contributed by atoms with E-state index in [1.807, 2.05) is 12.1 Å². The number of benzene rings is 1. The van der Waals surface area contributed by atoms with Gasteiger partial charge in [-0.1, -0.05) is 26.0 Å². The first kappa shape index (κ1) is 22.2. The lowest BCUT2D eigenvalue weighted by Gasteiger charge is -2.10. The number of thiophene rings is 1. The van der Waals surface area contributed by atoms with Crippen LogP contribution in [-0.2, 0) is 9.53 Å². The molecule has 0 aliphatic heterocycles. The summed E-state index contributed by atoms with van der Waals surface area (Å²) in [5, 5.41) is 14.1. The Morgan fingerprint density at radius 1 is 1.24 bits per heavy atom. The summed E-state index contributed by atoms with van der Waals surface area (Å²) in [6.45, 7) is 8.18. The molecule has 0 spiro atoms. The lowest BCUT2D eigenvalue weighted by atomic mass is 10.1. The quantitative estimate of drug-likeness (QED) is 0.379. The van der Waals surface area contributed by atoms with E-state index in [9.17, 15) is 14.9 Å². The number of esters is 1. The third kappa shape index (κ3) is 6.77. The van der Waals surface area contributed by atoms with E-state index in [0.29, 0.717) is 28.8 Å². The van der Waals surface area contributed by atoms with Crippen molar-refractivity contribution in [1.82, 2.24) is 0 Å². The predicted octanol–water partition coefficient (Wildman–Crippen LogP) is 4.89. The fourth-order valence-electron chi connectivity index (χ4n) is 2.29. The lowest BCUT2D eigenvalue weighted by molar-refractivity contribution is -0.112. The van der Waals surface area contributed by atoms with Crippen LogP contribution >= 0.6 is 11.3 Å². The summed E-state index contributed by atoms with van der Waals surface area (Å²) in [5.74, 6) is -0.0600. The number of nitrogens with zero attached hydrogens (tertiary/aromatic N) is 1. The summed E-state index contributed by atoms with van der Waals surface area (Å²) in [5.41, 5.74) is 0.851. The molecule has 0 unspecified atom stereocenters. The maximum atomic E-state index is 12.6. The summed E-state index contributed by atoms with van der Waals surface area (Å²) in [7, 11) is 0. The second-order valence-corrected chi connectivity index (χ2v) is 7.93. The molecule has 6 nitrogen and oxygen atoms in total. The van der Waals surface area contributed by atoms with Crippen molar-refractivity contribution in [3.63, 3.8) is 0 Å². The van der Waals surface area contributed by atoms with Gasteiger partial charge < -0.3 is 14.8 Å². The van der Waals surface area contributed by atoms with Crippen LogP contribution in [0.25, 0.3) is 6.08 Å². The van der Waals surface area contributed by atoms with Crippen LogP contribution in [0.2, 0.25) is 0 Å². The lowest BCUT2D eigenvalue weighted by Crippen LogP contribution is -2.17. The van der Waals surface area contributed by atoms with Crippen LogP contribution in [0, 0.1) is 17.2 Å². The van der Waals surface area contributed by atoms with Crippen LogP contribution in [0.3, 0.4) is 0 Å². The molecule has 0 atom stereocenters. The van der Waals surface area contributed by atoms with Crippen molar-refractivity contribution in [3.05, 3.63) is 52.4 Å². The van der Waals surface area contributed by atoms with Gasteiger partial charge in [0.05, 0.1) is 18.3 Å². The highest BCUT2D eigenvalue weighted by molar-refractivity contribution is 7.14. The zero-order valence-corrected chi connectivity index (χ0v) is 17.7. The molecule has 0 aliphatic carbocycles. The van der Waals surface area contributed by atoms with Crippen molar-refractivity contribution in [2.45, 2.75) is 33.8 Å². The molecule has 0 saturated heterocycles. The van der Waals surface area contributed by atoms with Gasteiger partial charge in [0, 0.05) is 0 Å². The van der Waals surface area contributed by atoms with Crippen LogP contribution in [0.1, 0.15) is 43.6 Å². The zero-order valence-electron chi connectivity index (χ0n) is 16.9. The van der Waals surface area contributed by atoms with Gasteiger partial charge in [-0.2, -0.15) is 5.26 Å². The SMILES string of the molecule is CC(C)COc1cccc(/C=C(\C#N)C(=O)Nc2sccc2C(=O)OC(C)C)c1. The van der Waals surface area contributed by atoms with E-state index in [2.05, 4.69) is 19.2 Å². The van der Waals surface area contributed by atoms with Gasteiger partial charge in [0.2, 0.25) is 0 Å². The number of anilines is 1. The van der Waals surface area contributed by atoms with Crippen LogP contribution in [0.15, 0.2) is 41.3 Å². The van der Waals surface area contributed by atoms with E-state index in [-0.39, 0.29) is 17.2 Å². The molecule has 0 saturated carbocycles. The Labute approximate surface area is 174 Å². The van der Waals surface area contributed by atoms with Crippen molar-refractivity contribution in [1.29, 1.82) is 5.26 Å². The van der Waals surface area contributed by atoms with Crippen LogP contribution in [0.4, 0.5) is 5.00 Å². The molecule has 7 heteroatoms. The van der Waals surface area contributed by atoms with Gasteiger partial charge in [-0.25, -0.2) is 4.79 Å². The number of carbonyl (C=O) groups is 2. The minimum Gasteiger partial charge on any atom is -0.493 e. The molecular weight excluding hydrogens is 388 g/mol. The first-order chi connectivity index (χ1) is 13.8. The Morgan fingerprint density at radius 2 is 2.00 bits per heavy atom. The molecule has 1 aromatic carbocycles. The molecule has 0 bridgehead atoms. The number of nitrogens with one attached hydrogen (secondary N) is 1. The molecule has 0 radical (unpaired) electrons. The molecule has 1 N–H and O–H groups in total.